The van der Waals surface area contributed by atoms with Crippen LogP contribution in [0.3, 0.4) is 0 Å². The quantitative estimate of drug-likeness (QED) is 0.656. The maximum atomic E-state index is 13.8. The second kappa shape index (κ2) is 4.70. The minimum absolute atomic E-state index is 0.273. The Hall–Kier alpha value is -1.40. The molecule has 0 aliphatic carbocycles. The summed E-state index contributed by atoms with van der Waals surface area (Å²) in [5, 5.41) is 0. The Kier molecular flexibility index (Phi) is 3.41. The van der Waals surface area contributed by atoms with Crippen LogP contribution in [0.2, 0.25) is 0 Å². The summed E-state index contributed by atoms with van der Waals surface area (Å²) in [5.74, 6) is -0.753. The van der Waals surface area contributed by atoms with Gasteiger partial charge in [0, 0.05) is 18.8 Å². The second-order valence-corrected chi connectivity index (χ2v) is 6.17. The van der Waals surface area contributed by atoms with Crippen LogP contribution in [0, 0.1) is 12.7 Å². The van der Waals surface area contributed by atoms with Crippen LogP contribution in [-0.4, -0.2) is 25.8 Å². The molecule has 0 bridgehead atoms. The van der Waals surface area contributed by atoms with Gasteiger partial charge >= 0.3 is 0 Å². The van der Waals surface area contributed by atoms with Crippen LogP contribution >= 0.6 is 0 Å². The Morgan fingerprint density at radius 2 is 2.06 bits per heavy atom. The van der Waals surface area contributed by atoms with Crippen molar-refractivity contribution in [2.24, 2.45) is 0 Å². The molecule has 98 valence electrons. The molecule has 0 saturated heterocycles. The van der Waals surface area contributed by atoms with Crippen molar-refractivity contribution < 1.29 is 12.8 Å². The van der Waals surface area contributed by atoms with E-state index in [0.717, 1.165) is 6.07 Å². The predicted octanol–water partition coefficient (Wildman–Crippen LogP) is 1.67. The van der Waals surface area contributed by atoms with Crippen molar-refractivity contribution in [2.75, 3.05) is 18.8 Å². The van der Waals surface area contributed by atoms with E-state index in [2.05, 4.69) is 0 Å². The van der Waals surface area contributed by atoms with Crippen molar-refractivity contribution >= 4 is 15.7 Å². The van der Waals surface area contributed by atoms with Crippen LogP contribution < -0.4 is 5.73 Å². The van der Waals surface area contributed by atoms with Crippen molar-refractivity contribution in [2.45, 2.75) is 18.2 Å². The maximum absolute atomic E-state index is 13.8. The fourth-order valence-electron chi connectivity index (χ4n) is 1.84. The molecule has 2 rings (SSSR count). The number of nitrogens with zero attached hydrogens (tertiary/aromatic N) is 1. The molecular formula is C12H15FN2O2S. The van der Waals surface area contributed by atoms with E-state index in [4.69, 9.17) is 5.73 Å². The lowest BCUT2D eigenvalue weighted by Gasteiger charge is -2.23. The maximum Gasteiger partial charge on any atom is 0.246 e. The fourth-order valence-corrected chi connectivity index (χ4v) is 3.33. The second-order valence-electron chi connectivity index (χ2n) is 4.26. The average Bonchev–Trinajstić information content (AvgIpc) is 2.34. The summed E-state index contributed by atoms with van der Waals surface area (Å²) < 4.78 is 39.6. The standard InChI is InChI=1S/C12H15FN2O2S/c1-9-7-10(13)12(8-11(9)14)18(16,17)15-5-3-2-4-6-15/h2-3,7-8H,4-6,14H2,1H3. The highest BCUT2D eigenvalue weighted by Crippen LogP contribution is 2.25. The van der Waals surface area contributed by atoms with Gasteiger partial charge in [-0.15, -0.1) is 0 Å². The van der Waals surface area contributed by atoms with Gasteiger partial charge in [0.05, 0.1) is 0 Å². The van der Waals surface area contributed by atoms with Gasteiger partial charge in [-0.05, 0) is 31.0 Å². The van der Waals surface area contributed by atoms with E-state index in [-0.39, 0.29) is 17.1 Å². The zero-order chi connectivity index (χ0) is 13.3. The molecule has 0 aromatic heterocycles. The highest BCUT2D eigenvalue weighted by atomic mass is 32.2. The van der Waals surface area contributed by atoms with E-state index < -0.39 is 15.8 Å². The third-order valence-corrected chi connectivity index (χ3v) is 4.84. The van der Waals surface area contributed by atoms with Gasteiger partial charge < -0.3 is 5.73 Å². The molecule has 0 fully saturated rings. The molecule has 1 aliphatic rings. The molecule has 0 unspecified atom stereocenters. The Bertz CT molecular complexity index is 596. The average molecular weight is 270 g/mol. The molecule has 1 heterocycles. The minimum Gasteiger partial charge on any atom is -0.398 e. The van der Waals surface area contributed by atoms with E-state index in [1.165, 1.54) is 10.4 Å². The van der Waals surface area contributed by atoms with Crippen LogP contribution in [0.5, 0.6) is 0 Å². The van der Waals surface area contributed by atoms with E-state index in [1.54, 1.807) is 13.0 Å². The summed E-state index contributed by atoms with van der Waals surface area (Å²) in [7, 11) is -3.80. The van der Waals surface area contributed by atoms with E-state index in [1.807, 2.05) is 6.08 Å². The number of anilines is 1. The first kappa shape index (κ1) is 13.0. The number of sulfonamides is 1. The van der Waals surface area contributed by atoms with Crippen LogP contribution in [-0.2, 0) is 10.0 Å². The van der Waals surface area contributed by atoms with Crippen LogP contribution in [0.25, 0.3) is 0 Å². The van der Waals surface area contributed by atoms with Crippen LogP contribution in [0.1, 0.15) is 12.0 Å². The van der Waals surface area contributed by atoms with Gasteiger partial charge in [-0.1, -0.05) is 12.2 Å². The van der Waals surface area contributed by atoms with Gasteiger partial charge in [0.2, 0.25) is 10.0 Å². The summed E-state index contributed by atoms with van der Waals surface area (Å²) in [6.07, 6.45) is 4.31. The topological polar surface area (TPSA) is 63.4 Å². The number of nitrogen functional groups attached to an aromatic ring is 1. The molecule has 6 heteroatoms. The molecule has 1 aromatic rings. The molecule has 18 heavy (non-hydrogen) atoms. The first-order valence-corrected chi connectivity index (χ1v) is 7.07. The SMILES string of the molecule is Cc1cc(F)c(S(=O)(=O)N2CC=CCC2)cc1N. The highest BCUT2D eigenvalue weighted by Gasteiger charge is 2.27. The van der Waals surface area contributed by atoms with Crippen molar-refractivity contribution in [1.82, 2.24) is 4.31 Å². The van der Waals surface area contributed by atoms with Crippen molar-refractivity contribution in [3.63, 3.8) is 0 Å². The number of nitrogens with two attached hydrogens (primary N) is 1. The smallest absolute Gasteiger partial charge is 0.246 e. The highest BCUT2D eigenvalue weighted by molar-refractivity contribution is 7.89. The lowest BCUT2D eigenvalue weighted by Crippen LogP contribution is -2.34. The zero-order valence-electron chi connectivity index (χ0n) is 10.1. The van der Waals surface area contributed by atoms with Gasteiger partial charge in [0.15, 0.2) is 0 Å². The lowest BCUT2D eigenvalue weighted by molar-refractivity contribution is 0.433. The first-order valence-electron chi connectivity index (χ1n) is 5.63. The fraction of sp³-hybridized carbons (Fsp3) is 0.333. The number of halogens is 1. The molecular weight excluding hydrogens is 255 g/mol. The summed E-state index contributed by atoms with van der Waals surface area (Å²) in [6.45, 7) is 2.28. The number of hydrogen-bond donors (Lipinski definition) is 1. The third-order valence-electron chi connectivity index (χ3n) is 2.96. The Labute approximate surface area is 106 Å². The first-order chi connectivity index (χ1) is 8.43. The minimum atomic E-state index is -3.80. The lowest BCUT2D eigenvalue weighted by atomic mass is 10.2. The molecule has 1 aliphatic heterocycles. The predicted molar refractivity (Wildman–Crippen MR) is 68.1 cm³/mol. The van der Waals surface area contributed by atoms with Crippen molar-refractivity contribution in [3.8, 4) is 0 Å². The third kappa shape index (κ3) is 2.26. The number of hydrogen-bond acceptors (Lipinski definition) is 3. The normalized spacial score (nSPS) is 17.0. The molecule has 1 aromatic carbocycles. The molecule has 0 spiro atoms. The Morgan fingerprint density at radius 3 is 2.67 bits per heavy atom. The van der Waals surface area contributed by atoms with E-state index in [0.29, 0.717) is 18.5 Å². The number of aryl methyl sites for hydroxylation is 1. The van der Waals surface area contributed by atoms with E-state index in [9.17, 15) is 12.8 Å². The van der Waals surface area contributed by atoms with E-state index >= 15 is 0 Å². The van der Waals surface area contributed by atoms with Gasteiger partial charge in [-0.2, -0.15) is 4.31 Å². The Balaban J connectivity index is 2.47. The number of rotatable bonds is 2. The van der Waals surface area contributed by atoms with Crippen molar-refractivity contribution in [3.05, 3.63) is 35.7 Å². The molecule has 0 radical (unpaired) electrons. The summed E-state index contributed by atoms with van der Waals surface area (Å²) in [5.41, 5.74) is 6.46. The monoisotopic (exact) mass is 270 g/mol. The van der Waals surface area contributed by atoms with Gasteiger partial charge in [-0.3, -0.25) is 0 Å². The van der Waals surface area contributed by atoms with Gasteiger partial charge in [0.1, 0.15) is 10.7 Å². The van der Waals surface area contributed by atoms with Crippen LogP contribution in [0.4, 0.5) is 10.1 Å². The largest absolute Gasteiger partial charge is 0.398 e. The van der Waals surface area contributed by atoms with Crippen molar-refractivity contribution in [1.29, 1.82) is 0 Å². The van der Waals surface area contributed by atoms with Gasteiger partial charge in [-0.25, -0.2) is 12.8 Å². The van der Waals surface area contributed by atoms with Crippen LogP contribution in [0.15, 0.2) is 29.2 Å². The summed E-state index contributed by atoms with van der Waals surface area (Å²) in [4.78, 5) is -0.346. The molecule has 0 saturated carbocycles. The summed E-state index contributed by atoms with van der Waals surface area (Å²) >= 11 is 0. The molecule has 0 atom stereocenters. The molecule has 4 nitrogen and oxygen atoms in total. The zero-order valence-corrected chi connectivity index (χ0v) is 10.9. The Morgan fingerprint density at radius 1 is 1.33 bits per heavy atom. The molecule has 2 N–H and O–H groups in total. The summed E-state index contributed by atoms with van der Waals surface area (Å²) in [6, 6.07) is 2.35. The van der Waals surface area contributed by atoms with Gasteiger partial charge in [0.25, 0.3) is 0 Å². The molecule has 0 amide bonds. The number of benzene rings is 1.